The zero-order valence-corrected chi connectivity index (χ0v) is 20.1. The second-order valence-electron chi connectivity index (χ2n) is 7.34. The van der Waals surface area contributed by atoms with Crippen LogP contribution in [-0.4, -0.2) is 41.7 Å². The molecule has 0 bridgehead atoms. The molecule has 1 N–H and O–H groups in total. The molecule has 2 heterocycles. The Balaban J connectivity index is 1.83. The lowest BCUT2D eigenvalue weighted by molar-refractivity contribution is -0.274. The Morgan fingerprint density at radius 2 is 1.81 bits per heavy atom. The number of hydrogen-bond donors (Lipinski definition) is 1. The summed E-state index contributed by atoms with van der Waals surface area (Å²) in [6.07, 6.45) is -4.89. The highest BCUT2D eigenvalue weighted by molar-refractivity contribution is 7.16. The number of halogens is 3. The lowest BCUT2D eigenvalue weighted by Crippen LogP contribution is -2.25. The van der Waals surface area contributed by atoms with Gasteiger partial charge in [-0.3, -0.25) is 9.59 Å². The number of thiophene rings is 1. The van der Waals surface area contributed by atoms with Gasteiger partial charge in [-0.15, -0.1) is 24.5 Å². The van der Waals surface area contributed by atoms with Gasteiger partial charge in [0.1, 0.15) is 16.5 Å². The Bertz CT molecular complexity index is 1530. The molecule has 1 amide bonds. The lowest BCUT2D eigenvalue weighted by atomic mass is 10.2. The number of amides is 1. The molecule has 0 unspecified atom stereocenters. The smallest absolute Gasteiger partial charge is 0.496 e. The number of alkyl halides is 3. The molecule has 0 radical (unpaired) electrons. The maximum Gasteiger partial charge on any atom is 0.573 e. The van der Waals surface area contributed by atoms with E-state index in [4.69, 9.17) is 9.47 Å². The van der Waals surface area contributed by atoms with E-state index in [0.717, 1.165) is 28.2 Å². The number of aromatic nitrogens is 2. The van der Waals surface area contributed by atoms with Crippen LogP contribution in [0, 0.1) is 0 Å². The summed E-state index contributed by atoms with van der Waals surface area (Å²) in [5, 5.41) is 8.52. The van der Waals surface area contributed by atoms with Crippen molar-refractivity contribution in [1.82, 2.24) is 9.78 Å². The molecule has 192 valence electrons. The second-order valence-corrected chi connectivity index (χ2v) is 8.22. The molecule has 4 rings (SSSR count). The van der Waals surface area contributed by atoms with E-state index in [9.17, 15) is 27.6 Å². The Morgan fingerprint density at radius 1 is 1.11 bits per heavy atom. The van der Waals surface area contributed by atoms with Gasteiger partial charge in [0, 0.05) is 10.8 Å². The molecule has 0 aliphatic carbocycles. The van der Waals surface area contributed by atoms with Crippen LogP contribution in [0.15, 0.2) is 58.7 Å². The first-order chi connectivity index (χ1) is 17.6. The van der Waals surface area contributed by atoms with Crippen LogP contribution in [0.25, 0.3) is 16.5 Å². The van der Waals surface area contributed by atoms with Gasteiger partial charge in [-0.2, -0.15) is 9.78 Å². The van der Waals surface area contributed by atoms with Crippen LogP contribution in [0.5, 0.6) is 11.5 Å². The standard InChI is InChI=1S/C24H18F3N3O6S/c1-3-35-23(33)19-16-12-37-21(28-20(31)15-6-4-5-7-17(15)34-2)18(16)22(32)30(29-19)13-8-10-14(11-9-13)36-24(25,26)27/h4-12H,3H2,1-2H3,(H,28,31). The van der Waals surface area contributed by atoms with E-state index in [1.54, 1.807) is 31.2 Å². The molecule has 2 aromatic heterocycles. The average Bonchev–Trinajstić information content (AvgIpc) is 3.28. The highest BCUT2D eigenvalue weighted by Gasteiger charge is 2.31. The molecule has 0 atom stereocenters. The summed E-state index contributed by atoms with van der Waals surface area (Å²) in [7, 11) is 1.41. The summed E-state index contributed by atoms with van der Waals surface area (Å²) >= 11 is 0.997. The van der Waals surface area contributed by atoms with Gasteiger partial charge in [-0.05, 0) is 43.3 Å². The van der Waals surface area contributed by atoms with Crippen LogP contribution in [0.3, 0.4) is 0 Å². The third kappa shape index (κ3) is 5.40. The molecule has 0 saturated carbocycles. The second kappa shape index (κ2) is 10.3. The molecule has 37 heavy (non-hydrogen) atoms. The fourth-order valence-corrected chi connectivity index (χ4v) is 4.39. The number of para-hydroxylation sites is 1. The van der Waals surface area contributed by atoms with Gasteiger partial charge in [0.15, 0.2) is 5.69 Å². The third-order valence-corrected chi connectivity index (χ3v) is 5.91. The van der Waals surface area contributed by atoms with Crippen LogP contribution < -0.4 is 20.3 Å². The number of rotatable bonds is 7. The van der Waals surface area contributed by atoms with Crippen molar-refractivity contribution in [1.29, 1.82) is 0 Å². The maximum atomic E-state index is 13.5. The van der Waals surface area contributed by atoms with Crippen molar-refractivity contribution < 1.29 is 37.0 Å². The summed E-state index contributed by atoms with van der Waals surface area (Å²) in [5.41, 5.74) is -0.655. The molecule has 0 aliphatic rings. The number of carbonyl (C=O) groups is 2. The molecule has 9 nitrogen and oxygen atoms in total. The first-order valence-corrected chi connectivity index (χ1v) is 11.5. The van der Waals surface area contributed by atoms with Crippen molar-refractivity contribution in [2.45, 2.75) is 13.3 Å². The van der Waals surface area contributed by atoms with Gasteiger partial charge in [0.25, 0.3) is 11.5 Å². The van der Waals surface area contributed by atoms with Gasteiger partial charge >= 0.3 is 12.3 Å². The van der Waals surface area contributed by atoms with Crippen LogP contribution in [-0.2, 0) is 4.74 Å². The molecular weight excluding hydrogens is 515 g/mol. The quantitative estimate of drug-likeness (QED) is 0.341. The van der Waals surface area contributed by atoms with Gasteiger partial charge in [-0.25, -0.2) is 4.79 Å². The number of fused-ring (bicyclic) bond motifs is 1. The Morgan fingerprint density at radius 3 is 2.46 bits per heavy atom. The van der Waals surface area contributed by atoms with Crippen molar-refractivity contribution in [2.75, 3.05) is 19.0 Å². The van der Waals surface area contributed by atoms with E-state index in [2.05, 4.69) is 15.2 Å². The average molecular weight is 533 g/mol. The molecule has 13 heteroatoms. The normalized spacial score (nSPS) is 11.3. The van der Waals surface area contributed by atoms with E-state index in [-0.39, 0.29) is 39.3 Å². The summed E-state index contributed by atoms with van der Waals surface area (Å²) < 4.78 is 52.5. The molecular formula is C24H18F3N3O6S. The van der Waals surface area contributed by atoms with Gasteiger partial charge in [0.05, 0.1) is 30.4 Å². The zero-order valence-electron chi connectivity index (χ0n) is 19.3. The fourth-order valence-electron chi connectivity index (χ4n) is 3.46. The van der Waals surface area contributed by atoms with Crippen LogP contribution in [0.4, 0.5) is 18.2 Å². The molecule has 0 saturated heterocycles. The first-order valence-electron chi connectivity index (χ1n) is 10.6. The SMILES string of the molecule is CCOC(=O)c1nn(-c2ccc(OC(F)(F)F)cc2)c(=O)c2c(NC(=O)c3ccccc3OC)scc12. The number of nitrogens with zero attached hydrogens (tertiary/aromatic N) is 2. The first kappa shape index (κ1) is 25.7. The molecule has 0 spiro atoms. The molecule has 0 aliphatic heterocycles. The predicted octanol–water partition coefficient (Wildman–Crippen LogP) is 4.78. The van der Waals surface area contributed by atoms with Crippen molar-refractivity contribution in [2.24, 2.45) is 0 Å². The highest BCUT2D eigenvalue weighted by Crippen LogP contribution is 2.32. The minimum Gasteiger partial charge on any atom is -0.496 e. The molecule has 2 aromatic carbocycles. The van der Waals surface area contributed by atoms with Crippen molar-refractivity contribution >= 4 is 39.0 Å². The Hall–Kier alpha value is -4.39. The summed E-state index contributed by atoms with van der Waals surface area (Å²) in [6.45, 7) is 1.63. The minimum absolute atomic E-state index is 0.0260. The van der Waals surface area contributed by atoms with Gasteiger partial charge in [0.2, 0.25) is 0 Å². The van der Waals surface area contributed by atoms with Crippen LogP contribution in [0.2, 0.25) is 0 Å². The summed E-state index contributed by atoms with van der Waals surface area (Å²) in [5.74, 6) is -1.57. The summed E-state index contributed by atoms with van der Waals surface area (Å²) in [4.78, 5) is 39.1. The minimum atomic E-state index is -4.89. The summed E-state index contributed by atoms with van der Waals surface area (Å²) in [6, 6.07) is 10.8. The number of methoxy groups -OCH3 is 1. The Kier molecular flexibility index (Phi) is 7.16. The number of nitrogens with one attached hydrogen (secondary N) is 1. The van der Waals surface area contributed by atoms with E-state index >= 15 is 0 Å². The predicted molar refractivity (Wildman–Crippen MR) is 129 cm³/mol. The van der Waals surface area contributed by atoms with Crippen LogP contribution in [0.1, 0.15) is 27.8 Å². The van der Waals surface area contributed by atoms with Crippen molar-refractivity contribution in [3.8, 4) is 17.2 Å². The highest BCUT2D eigenvalue weighted by atomic mass is 32.1. The van der Waals surface area contributed by atoms with Crippen LogP contribution >= 0.6 is 11.3 Å². The number of anilines is 1. The monoisotopic (exact) mass is 533 g/mol. The fraction of sp³-hybridized carbons (Fsp3) is 0.167. The van der Waals surface area contributed by atoms with E-state index in [1.807, 2.05) is 0 Å². The largest absolute Gasteiger partial charge is 0.573 e. The molecule has 0 fully saturated rings. The van der Waals surface area contributed by atoms with Gasteiger partial charge in [-0.1, -0.05) is 12.1 Å². The number of hydrogen-bond acceptors (Lipinski definition) is 8. The zero-order chi connectivity index (χ0) is 26.7. The lowest BCUT2D eigenvalue weighted by Gasteiger charge is -2.12. The van der Waals surface area contributed by atoms with E-state index in [0.29, 0.717) is 5.75 Å². The number of esters is 1. The van der Waals surface area contributed by atoms with Gasteiger partial charge < -0.3 is 19.5 Å². The van der Waals surface area contributed by atoms with Crippen molar-refractivity contribution in [3.63, 3.8) is 0 Å². The number of benzene rings is 2. The maximum absolute atomic E-state index is 13.5. The number of ether oxygens (including phenoxy) is 3. The Labute approximate surface area is 211 Å². The third-order valence-electron chi connectivity index (χ3n) is 5.01. The number of carbonyl (C=O) groups excluding carboxylic acids is 2. The van der Waals surface area contributed by atoms with E-state index < -0.39 is 29.5 Å². The van der Waals surface area contributed by atoms with Crippen molar-refractivity contribution in [3.05, 3.63) is 75.5 Å². The molecule has 4 aromatic rings. The topological polar surface area (TPSA) is 109 Å². The van der Waals surface area contributed by atoms with E-state index in [1.165, 1.54) is 24.6 Å².